The summed E-state index contributed by atoms with van der Waals surface area (Å²) in [6, 6.07) is 0.448. The number of nitrogens with two attached hydrogens (primary N) is 1. The monoisotopic (exact) mass is 182 g/mol. The zero-order chi connectivity index (χ0) is 9.68. The number of rotatable bonds is 5. The first-order valence-corrected chi connectivity index (χ1v) is 4.88. The van der Waals surface area contributed by atoms with Gasteiger partial charge in [-0.1, -0.05) is 18.6 Å². The number of hydrogen-bond donors (Lipinski definition) is 1. The molecule has 0 aliphatic rings. The molecule has 0 radical (unpaired) electrons. The third kappa shape index (κ3) is 2.81. The maximum Gasteiger partial charge on any atom is 0.0839 e. The summed E-state index contributed by atoms with van der Waals surface area (Å²) < 4.78 is 1.93. The van der Waals surface area contributed by atoms with Crippen molar-refractivity contribution in [3.05, 3.63) is 11.9 Å². The van der Waals surface area contributed by atoms with Crippen LogP contribution in [0.4, 0.5) is 0 Å². The van der Waals surface area contributed by atoms with Crippen molar-refractivity contribution in [2.75, 3.05) is 6.54 Å². The molecule has 0 aliphatic carbocycles. The minimum Gasteiger partial charge on any atom is -0.330 e. The summed E-state index contributed by atoms with van der Waals surface area (Å²) in [5, 5.41) is 8.11. The Bertz CT molecular complexity index is 244. The lowest BCUT2D eigenvalue weighted by atomic mass is 10.2. The van der Waals surface area contributed by atoms with E-state index in [1.54, 1.807) is 0 Å². The van der Waals surface area contributed by atoms with Crippen LogP contribution in [0.15, 0.2) is 6.20 Å². The van der Waals surface area contributed by atoms with E-state index in [2.05, 4.69) is 24.2 Å². The van der Waals surface area contributed by atoms with Crippen LogP contribution in [-0.2, 0) is 6.42 Å². The van der Waals surface area contributed by atoms with Gasteiger partial charge in [-0.2, -0.15) is 0 Å². The minimum absolute atomic E-state index is 0.448. The van der Waals surface area contributed by atoms with E-state index in [0.717, 1.165) is 18.5 Å². The van der Waals surface area contributed by atoms with Crippen LogP contribution < -0.4 is 5.73 Å². The number of hydrogen-bond acceptors (Lipinski definition) is 3. The first-order valence-electron chi connectivity index (χ1n) is 4.88. The lowest BCUT2D eigenvalue weighted by Crippen LogP contribution is -2.05. The van der Waals surface area contributed by atoms with Crippen molar-refractivity contribution in [1.29, 1.82) is 0 Å². The molecule has 2 N–H and O–H groups in total. The summed E-state index contributed by atoms with van der Waals surface area (Å²) in [4.78, 5) is 0. The Hall–Kier alpha value is -0.900. The Morgan fingerprint density at radius 3 is 3.00 bits per heavy atom. The average molecular weight is 182 g/mol. The minimum atomic E-state index is 0.448. The smallest absolute Gasteiger partial charge is 0.0839 e. The van der Waals surface area contributed by atoms with Gasteiger partial charge in [0.25, 0.3) is 0 Å². The molecule has 0 aromatic carbocycles. The number of aromatic nitrogens is 3. The predicted molar refractivity (Wildman–Crippen MR) is 52.4 cm³/mol. The molecule has 0 saturated heterocycles. The zero-order valence-electron chi connectivity index (χ0n) is 8.40. The first-order chi connectivity index (χ1) is 6.27. The molecule has 0 fully saturated rings. The van der Waals surface area contributed by atoms with Crippen molar-refractivity contribution >= 4 is 0 Å². The summed E-state index contributed by atoms with van der Waals surface area (Å²) in [5.41, 5.74) is 6.42. The molecule has 0 spiro atoms. The van der Waals surface area contributed by atoms with Crippen molar-refractivity contribution in [3.63, 3.8) is 0 Å². The molecule has 1 aromatic rings. The highest BCUT2D eigenvalue weighted by Gasteiger charge is 2.05. The highest BCUT2D eigenvalue weighted by Crippen LogP contribution is 2.11. The standard InChI is InChI=1S/C9H18N4/c1-3-4-8(2)13-7-9(5-6-10)11-12-13/h7-8H,3-6,10H2,1-2H3. The molecule has 74 valence electrons. The Morgan fingerprint density at radius 1 is 1.62 bits per heavy atom. The fourth-order valence-electron chi connectivity index (χ4n) is 1.34. The molecule has 1 heterocycles. The van der Waals surface area contributed by atoms with Crippen molar-refractivity contribution < 1.29 is 0 Å². The third-order valence-corrected chi connectivity index (χ3v) is 2.12. The molecule has 1 atom stereocenters. The van der Waals surface area contributed by atoms with Crippen LogP contribution in [0, 0.1) is 0 Å². The molecule has 1 unspecified atom stereocenters. The van der Waals surface area contributed by atoms with Gasteiger partial charge in [0, 0.05) is 12.6 Å². The van der Waals surface area contributed by atoms with Gasteiger partial charge in [0.1, 0.15) is 0 Å². The van der Waals surface area contributed by atoms with Crippen LogP contribution in [0.2, 0.25) is 0 Å². The van der Waals surface area contributed by atoms with Crippen LogP contribution in [0.25, 0.3) is 0 Å². The second-order valence-electron chi connectivity index (χ2n) is 3.37. The lowest BCUT2D eigenvalue weighted by molar-refractivity contribution is 0.443. The van der Waals surface area contributed by atoms with E-state index in [9.17, 15) is 0 Å². The fraction of sp³-hybridized carbons (Fsp3) is 0.778. The van der Waals surface area contributed by atoms with Gasteiger partial charge < -0.3 is 5.73 Å². The van der Waals surface area contributed by atoms with E-state index >= 15 is 0 Å². The van der Waals surface area contributed by atoms with Gasteiger partial charge in [-0.05, 0) is 19.9 Å². The van der Waals surface area contributed by atoms with E-state index in [1.165, 1.54) is 6.42 Å². The van der Waals surface area contributed by atoms with Crippen LogP contribution in [-0.4, -0.2) is 21.5 Å². The van der Waals surface area contributed by atoms with Crippen LogP contribution in [0.3, 0.4) is 0 Å². The van der Waals surface area contributed by atoms with Crippen molar-refractivity contribution in [2.45, 2.75) is 39.2 Å². The van der Waals surface area contributed by atoms with Crippen molar-refractivity contribution in [3.8, 4) is 0 Å². The molecule has 1 aromatic heterocycles. The van der Waals surface area contributed by atoms with Gasteiger partial charge >= 0.3 is 0 Å². The first kappa shape index (κ1) is 10.2. The van der Waals surface area contributed by atoms with Crippen LogP contribution >= 0.6 is 0 Å². The van der Waals surface area contributed by atoms with Gasteiger partial charge in [-0.3, -0.25) is 0 Å². The second-order valence-corrected chi connectivity index (χ2v) is 3.37. The van der Waals surface area contributed by atoms with Crippen molar-refractivity contribution in [1.82, 2.24) is 15.0 Å². The van der Waals surface area contributed by atoms with Crippen LogP contribution in [0.5, 0.6) is 0 Å². The van der Waals surface area contributed by atoms with E-state index < -0.39 is 0 Å². The summed E-state index contributed by atoms with van der Waals surface area (Å²) in [6.07, 6.45) is 5.13. The summed E-state index contributed by atoms with van der Waals surface area (Å²) in [6.45, 7) is 4.97. The predicted octanol–water partition coefficient (Wildman–Crippen LogP) is 1.14. The van der Waals surface area contributed by atoms with E-state index in [-0.39, 0.29) is 0 Å². The van der Waals surface area contributed by atoms with E-state index in [1.807, 2.05) is 10.9 Å². The molecule has 0 amide bonds. The maximum atomic E-state index is 5.43. The van der Waals surface area contributed by atoms with Crippen molar-refractivity contribution in [2.24, 2.45) is 5.73 Å². The Morgan fingerprint density at radius 2 is 2.38 bits per heavy atom. The van der Waals surface area contributed by atoms with Gasteiger partial charge in [0.15, 0.2) is 0 Å². The molecule has 13 heavy (non-hydrogen) atoms. The van der Waals surface area contributed by atoms with Crippen LogP contribution in [0.1, 0.15) is 38.4 Å². The lowest BCUT2D eigenvalue weighted by Gasteiger charge is -2.08. The fourth-order valence-corrected chi connectivity index (χ4v) is 1.34. The third-order valence-electron chi connectivity index (χ3n) is 2.12. The molecule has 0 saturated carbocycles. The van der Waals surface area contributed by atoms with Gasteiger partial charge in [-0.25, -0.2) is 4.68 Å². The highest BCUT2D eigenvalue weighted by molar-refractivity contribution is 4.93. The Balaban J connectivity index is 2.56. The molecular weight excluding hydrogens is 164 g/mol. The molecule has 4 nitrogen and oxygen atoms in total. The molecule has 1 rings (SSSR count). The summed E-state index contributed by atoms with van der Waals surface area (Å²) in [5.74, 6) is 0. The average Bonchev–Trinajstić information content (AvgIpc) is 2.54. The van der Waals surface area contributed by atoms with Gasteiger partial charge in [0.2, 0.25) is 0 Å². The number of nitrogens with zero attached hydrogens (tertiary/aromatic N) is 3. The quantitative estimate of drug-likeness (QED) is 0.743. The molecular formula is C9H18N4. The normalized spacial score (nSPS) is 13.2. The maximum absolute atomic E-state index is 5.43. The SMILES string of the molecule is CCCC(C)n1cc(CCN)nn1. The Kier molecular flexibility index (Phi) is 3.89. The molecule has 0 bridgehead atoms. The largest absolute Gasteiger partial charge is 0.330 e. The molecule has 4 heteroatoms. The van der Waals surface area contributed by atoms with Gasteiger partial charge in [0.05, 0.1) is 11.7 Å². The second kappa shape index (κ2) is 4.97. The summed E-state index contributed by atoms with van der Waals surface area (Å²) >= 11 is 0. The summed E-state index contributed by atoms with van der Waals surface area (Å²) in [7, 11) is 0. The topological polar surface area (TPSA) is 56.7 Å². The Labute approximate surface area is 79.1 Å². The van der Waals surface area contributed by atoms with E-state index in [0.29, 0.717) is 12.6 Å². The van der Waals surface area contributed by atoms with E-state index in [4.69, 9.17) is 5.73 Å². The zero-order valence-corrected chi connectivity index (χ0v) is 8.40. The highest BCUT2D eigenvalue weighted by atomic mass is 15.4. The van der Waals surface area contributed by atoms with Gasteiger partial charge in [-0.15, -0.1) is 5.10 Å². The molecule has 0 aliphatic heterocycles.